The highest BCUT2D eigenvalue weighted by Gasteiger charge is 2.38. The van der Waals surface area contributed by atoms with E-state index in [1.54, 1.807) is 13.2 Å². The summed E-state index contributed by atoms with van der Waals surface area (Å²) in [6, 6.07) is 15.6. The number of nitrogens with zero attached hydrogens (tertiary/aromatic N) is 1. The molecule has 0 bridgehead atoms. The molecule has 2 aromatic rings. The predicted molar refractivity (Wildman–Crippen MR) is 118 cm³/mol. The molecule has 0 fully saturated rings. The lowest BCUT2D eigenvalue weighted by molar-refractivity contribution is -0.116. The number of nitriles is 1. The number of methoxy groups -OCH3 is 1. The van der Waals surface area contributed by atoms with Gasteiger partial charge in [0.2, 0.25) is 5.88 Å². The maximum atomic E-state index is 12.8. The lowest BCUT2D eigenvalue weighted by Crippen LogP contribution is -2.27. The number of carbonyl (C=O) groups excluding carboxylic acids is 1. The first kappa shape index (κ1) is 21.0. The normalized spacial score (nSPS) is 18.2. The number of hydrogen-bond acceptors (Lipinski definition) is 6. The summed E-state index contributed by atoms with van der Waals surface area (Å²) in [6.45, 7) is 0.372. The molecule has 0 unspecified atom stereocenters. The van der Waals surface area contributed by atoms with E-state index in [0.29, 0.717) is 58.7 Å². The van der Waals surface area contributed by atoms with Gasteiger partial charge in [0.05, 0.1) is 17.5 Å². The first-order valence-electron chi connectivity index (χ1n) is 9.91. The molecule has 1 aliphatic heterocycles. The van der Waals surface area contributed by atoms with Crippen molar-refractivity contribution in [3.8, 4) is 17.6 Å². The number of carbonyl (C=O) groups is 1. The maximum Gasteiger partial charge on any atom is 0.205 e. The molecule has 7 heteroatoms. The van der Waals surface area contributed by atoms with Crippen LogP contribution in [0.5, 0.6) is 11.5 Å². The van der Waals surface area contributed by atoms with E-state index in [1.165, 1.54) is 0 Å². The van der Waals surface area contributed by atoms with Gasteiger partial charge in [0.1, 0.15) is 24.0 Å². The second-order valence-electron chi connectivity index (χ2n) is 7.35. The van der Waals surface area contributed by atoms with E-state index in [4.69, 9.17) is 19.9 Å². The van der Waals surface area contributed by atoms with Crippen molar-refractivity contribution in [2.75, 3.05) is 7.11 Å². The van der Waals surface area contributed by atoms with Crippen LogP contribution in [0.2, 0.25) is 0 Å². The summed E-state index contributed by atoms with van der Waals surface area (Å²) in [4.78, 5) is 12.8. The fourth-order valence-electron chi connectivity index (χ4n) is 3.97. The quantitative estimate of drug-likeness (QED) is 0.656. The van der Waals surface area contributed by atoms with Gasteiger partial charge >= 0.3 is 0 Å². The number of hydrogen-bond donors (Lipinski definition) is 1. The zero-order chi connectivity index (χ0) is 22.0. The molecular weight excluding hydrogens is 460 g/mol. The number of ether oxygens (including phenoxy) is 3. The van der Waals surface area contributed by atoms with Gasteiger partial charge in [0.15, 0.2) is 17.3 Å². The Morgan fingerprint density at radius 3 is 2.74 bits per heavy atom. The molecule has 6 nitrogen and oxygen atoms in total. The largest absolute Gasteiger partial charge is 0.493 e. The van der Waals surface area contributed by atoms with Crippen LogP contribution in [0.1, 0.15) is 36.3 Å². The predicted octanol–water partition coefficient (Wildman–Crippen LogP) is 4.85. The van der Waals surface area contributed by atoms with Crippen LogP contribution in [0.3, 0.4) is 0 Å². The smallest absolute Gasteiger partial charge is 0.205 e. The number of nitrogens with two attached hydrogens (primary N) is 1. The second kappa shape index (κ2) is 8.86. The van der Waals surface area contributed by atoms with E-state index in [2.05, 4.69) is 22.0 Å². The van der Waals surface area contributed by atoms with E-state index < -0.39 is 5.92 Å². The molecule has 0 saturated carbocycles. The molecule has 0 saturated heterocycles. The summed E-state index contributed by atoms with van der Waals surface area (Å²) in [6.07, 6.45) is 1.75. The van der Waals surface area contributed by atoms with Gasteiger partial charge in [-0.05, 0) is 45.6 Å². The number of ketones is 1. The molecule has 1 atom stereocenters. The molecule has 0 radical (unpaired) electrons. The van der Waals surface area contributed by atoms with Gasteiger partial charge < -0.3 is 19.9 Å². The van der Waals surface area contributed by atoms with Crippen molar-refractivity contribution < 1.29 is 19.0 Å². The van der Waals surface area contributed by atoms with Crippen LogP contribution in [0.15, 0.2) is 69.7 Å². The minimum atomic E-state index is -0.602. The molecular formula is C24H21BrN2O4. The molecule has 1 heterocycles. The average molecular weight is 481 g/mol. The summed E-state index contributed by atoms with van der Waals surface area (Å²) < 4.78 is 17.9. The highest BCUT2D eigenvalue weighted by Crippen LogP contribution is 2.47. The van der Waals surface area contributed by atoms with E-state index in [9.17, 15) is 10.1 Å². The first-order chi connectivity index (χ1) is 15.0. The highest BCUT2D eigenvalue weighted by atomic mass is 79.9. The molecule has 31 heavy (non-hydrogen) atoms. The molecule has 0 amide bonds. The highest BCUT2D eigenvalue weighted by molar-refractivity contribution is 9.10. The van der Waals surface area contributed by atoms with Gasteiger partial charge in [0.25, 0.3) is 0 Å². The molecule has 1 aliphatic carbocycles. The molecule has 2 aromatic carbocycles. The topological polar surface area (TPSA) is 94.6 Å². The van der Waals surface area contributed by atoms with Crippen molar-refractivity contribution in [2.45, 2.75) is 31.8 Å². The Morgan fingerprint density at radius 2 is 2.03 bits per heavy atom. The van der Waals surface area contributed by atoms with Gasteiger partial charge in [0, 0.05) is 18.4 Å². The van der Waals surface area contributed by atoms with Gasteiger partial charge in [-0.1, -0.05) is 30.3 Å². The first-order valence-corrected chi connectivity index (χ1v) is 10.7. The van der Waals surface area contributed by atoms with Crippen LogP contribution in [0.4, 0.5) is 0 Å². The summed E-state index contributed by atoms with van der Waals surface area (Å²) >= 11 is 3.57. The Morgan fingerprint density at radius 1 is 1.26 bits per heavy atom. The fraction of sp³-hybridized carbons (Fsp3) is 0.250. The molecule has 4 rings (SSSR count). The third-order valence-corrected chi connectivity index (χ3v) is 6.01. The summed E-state index contributed by atoms with van der Waals surface area (Å²) in [5.41, 5.74) is 8.50. The molecule has 158 valence electrons. The van der Waals surface area contributed by atoms with Crippen LogP contribution in [-0.4, -0.2) is 12.9 Å². The zero-order valence-corrected chi connectivity index (χ0v) is 18.6. The lowest BCUT2D eigenvalue weighted by Gasteiger charge is -2.31. The minimum Gasteiger partial charge on any atom is -0.493 e. The van der Waals surface area contributed by atoms with Gasteiger partial charge in [-0.2, -0.15) is 5.26 Å². The van der Waals surface area contributed by atoms with Crippen LogP contribution in [0, 0.1) is 11.3 Å². The van der Waals surface area contributed by atoms with Crippen molar-refractivity contribution >= 4 is 21.7 Å². The van der Waals surface area contributed by atoms with Crippen molar-refractivity contribution in [1.82, 2.24) is 0 Å². The van der Waals surface area contributed by atoms with Crippen molar-refractivity contribution in [3.63, 3.8) is 0 Å². The third-order valence-electron chi connectivity index (χ3n) is 5.42. The van der Waals surface area contributed by atoms with Crippen LogP contribution in [-0.2, 0) is 16.1 Å². The van der Waals surface area contributed by atoms with Gasteiger partial charge in [-0.15, -0.1) is 0 Å². The van der Waals surface area contributed by atoms with Crippen molar-refractivity contribution in [3.05, 3.63) is 80.9 Å². The van der Waals surface area contributed by atoms with Crippen molar-refractivity contribution in [1.29, 1.82) is 5.26 Å². The molecule has 0 spiro atoms. The van der Waals surface area contributed by atoms with Crippen LogP contribution >= 0.6 is 15.9 Å². The second-order valence-corrected chi connectivity index (χ2v) is 8.20. The van der Waals surface area contributed by atoms with E-state index in [1.807, 2.05) is 36.4 Å². The molecule has 2 N–H and O–H groups in total. The number of halogens is 1. The SMILES string of the molecule is COc1cc([C@H]2C(C#N)=C(N)OC3=C2C(=O)CCC3)cc(Br)c1OCc1ccccc1. The van der Waals surface area contributed by atoms with Crippen LogP contribution in [0.25, 0.3) is 0 Å². The summed E-state index contributed by atoms with van der Waals surface area (Å²) in [7, 11) is 1.55. The van der Waals surface area contributed by atoms with Crippen molar-refractivity contribution in [2.24, 2.45) is 5.73 Å². The Kier molecular flexibility index (Phi) is 6.01. The number of benzene rings is 2. The zero-order valence-electron chi connectivity index (χ0n) is 17.0. The Balaban J connectivity index is 1.75. The standard InChI is InChI=1S/C24H21BrN2O4/c1-29-20-11-15(10-17(25)23(20)30-13-14-6-3-2-4-7-14)21-16(12-26)24(27)31-19-9-5-8-18(28)22(19)21/h2-4,6-7,10-11,21H,5,8-9,13,27H2,1H3/t21-/m0/s1. The Bertz CT molecular complexity index is 1130. The third kappa shape index (κ3) is 4.04. The van der Waals surface area contributed by atoms with Gasteiger partial charge in [-0.3, -0.25) is 4.79 Å². The number of allylic oxidation sites excluding steroid dienone is 3. The Labute approximate surface area is 189 Å². The monoisotopic (exact) mass is 480 g/mol. The van der Waals surface area contributed by atoms with E-state index in [0.717, 1.165) is 5.56 Å². The molecule has 0 aromatic heterocycles. The van der Waals surface area contributed by atoms with Crippen LogP contribution < -0.4 is 15.2 Å². The lowest BCUT2D eigenvalue weighted by atomic mass is 9.77. The minimum absolute atomic E-state index is 0.0222. The van der Waals surface area contributed by atoms with E-state index >= 15 is 0 Å². The summed E-state index contributed by atoms with van der Waals surface area (Å²) in [5.74, 6) is 1.01. The number of rotatable bonds is 5. The maximum absolute atomic E-state index is 12.8. The Hall–Kier alpha value is -3.24. The average Bonchev–Trinajstić information content (AvgIpc) is 2.77. The molecule has 2 aliphatic rings. The van der Waals surface area contributed by atoms with Gasteiger partial charge in [-0.25, -0.2) is 0 Å². The number of Topliss-reactive ketones (excluding diaryl/α,β-unsaturated/α-hetero) is 1. The fourth-order valence-corrected chi connectivity index (χ4v) is 4.54. The summed E-state index contributed by atoms with van der Waals surface area (Å²) in [5, 5.41) is 9.76. The van der Waals surface area contributed by atoms with E-state index in [-0.39, 0.29) is 17.2 Å².